The molecule has 0 radical (unpaired) electrons. The monoisotopic (exact) mass is 315 g/mol. The second-order valence-corrected chi connectivity index (χ2v) is 6.05. The molecule has 0 heterocycles. The predicted molar refractivity (Wildman–Crippen MR) is 89.7 cm³/mol. The van der Waals surface area contributed by atoms with E-state index >= 15 is 0 Å². The number of hydrogen-bond acceptors (Lipinski definition) is 1. The number of rotatable bonds is 7. The summed E-state index contributed by atoms with van der Waals surface area (Å²) in [6.07, 6.45) is 0. The van der Waals surface area contributed by atoms with Crippen molar-refractivity contribution in [2.24, 2.45) is 0 Å². The highest BCUT2D eigenvalue weighted by molar-refractivity contribution is 5.76. The molecular formula is C19H24FN2O+. The highest BCUT2D eigenvalue weighted by Gasteiger charge is 2.12. The average Bonchev–Trinajstić information content (AvgIpc) is 2.55. The minimum absolute atomic E-state index is 0.0346. The molecule has 4 heteroatoms. The summed E-state index contributed by atoms with van der Waals surface area (Å²) in [5.41, 5.74) is 2.24. The first-order valence-corrected chi connectivity index (χ1v) is 7.92. The molecule has 0 aliphatic heterocycles. The fourth-order valence-electron chi connectivity index (χ4n) is 2.52. The van der Waals surface area contributed by atoms with Crippen molar-refractivity contribution >= 4 is 5.91 Å². The summed E-state index contributed by atoms with van der Waals surface area (Å²) in [5, 5.41) is 2.99. The zero-order valence-corrected chi connectivity index (χ0v) is 13.7. The van der Waals surface area contributed by atoms with E-state index in [9.17, 15) is 9.18 Å². The standard InChI is InChI=1S/C19H23FN2O/c1-15(17-6-4-3-5-7-17)12-21-19(23)14-22(2)13-16-8-10-18(20)11-9-16/h3-11,15H,12-14H2,1-2H3,(H,21,23)/p+1/t15-/m1/s1. The molecule has 1 unspecified atom stereocenters. The Morgan fingerprint density at radius 3 is 2.43 bits per heavy atom. The molecular weight excluding hydrogens is 291 g/mol. The number of quaternary nitrogens is 1. The number of halogens is 1. The fraction of sp³-hybridized carbons (Fsp3) is 0.316. The van der Waals surface area contributed by atoms with Gasteiger partial charge in [0.25, 0.3) is 5.91 Å². The van der Waals surface area contributed by atoms with Gasteiger partial charge in [0.1, 0.15) is 12.4 Å². The van der Waals surface area contributed by atoms with Crippen LogP contribution < -0.4 is 10.2 Å². The largest absolute Gasteiger partial charge is 0.351 e. The molecule has 0 bridgehead atoms. The molecule has 2 rings (SSSR count). The van der Waals surface area contributed by atoms with Gasteiger partial charge in [0.2, 0.25) is 0 Å². The van der Waals surface area contributed by atoms with Crippen molar-refractivity contribution in [2.45, 2.75) is 19.4 Å². The smallest absolute Gasteiger partial charge is 0.275 e. The van der Waals surface area contributed by atoms with Gasteiger partial charge in [-0.2, -0.15) is 0 Å². The van der Waals surface area contributed by atoms with E-state index in [0.717, 1.165) is 10.5 Å². The first-order valence-electron chi connectivity index (χ1n) is 7.92. The zero-order chi connectivity index (χ0) is 16.7. The van der Waals surface area contributed by atoms with Gasteiger partial charge in [-0.05, 0) is 23.6 Å². The molecule has 0 aliphatic carbocycles. The second kappa shape index (κ2) is 8.44. The topological polar surface area (TPSA) is 33.5 Å². The third-order valence-corrected chi connectivity index (χ3v) is 3.86. The van der Waals surface area contributed by atoms with Gasteiger partial charge in [-0.1, -0.05) is 49.4 Å². The first-order chi connectivity index (χ1) is 11.0. The van der Waals surface area contributed by atoms with Crippen LogP contribution in [0.2, 0.25) is 0 Å². The van der Waals surface area contributed by atoms with Gasteiger partial charge in [0.15, 0.2) is 6.54 Å². The van der Waals surface area contributed by atoms with Crippen LogP contribution in [-0.2, 0) is 11.3 Å². The molecule has 2 N–H and O–H groups in total. The van der Waals surface area contributed by atoms with Crippen LogP contribution in [0, 0.1) is 5.82 Å². The Hall–Kier alpha value is -2.20. The van der Waals surface area contributed by atoms with E-state index in [1.807, 2.05) is 25.2 Å². The van der Waals surface area contributed by atoms with E-state index in [-0.39, 0.29) is 17.6 Å². The molecule has 2 aromatic carbocycles. The lowest BCUT2D eigenvalue weighted by molar-refractivity contribution is -0.885. The van der Waals surface area contributed by atoms with Crippen molar-refractivity contribution in [3.8, 4) is 0 Å². The van der Waals surface area contributed by atoms with Gasteiger partial charge < -0.3 is 10.2 Å². The molecule has 0 fully saturated rings. The second-order valence-electron chi connectivity index (χ2n) is 6.05. The van der Waals surface area contributed by atoms with Gasteiger partial charge in [-0.15, -0.1) is 0 Å². The van der Waals surface area contributed by atoms with Crippen LogP contribution in [0.25, 0.3) is 0 Å². The fourth-order valence-corrected chi connectivity index (χ4v) is 2.52. The van der Waals surface area contributed by atoms with E-state index in [1.165, 1.54) is 17.7 Å². The number of carbonyl (C=O) groups excluding carboxylic acids is 1. The van der Waals surface area contributed by atoms with Crippen molar-refractivity contribution in [2.75, 3.05) is 20.1 Å². The molecule has 122 valence electrons. The lowest BCUT2D eigenvalue weighted by Gasteiger charge is -2.16. The van der Waals surface area contributed by atoms with Crippen LogP contribution >= 0.6 is 0 Å². The SMILES string of the molecule is C[C@H](CNC(=O)C[NH+](C)Cc1ccc(F)cc1)c1ccccc1. The molecule has 0 saturated carbocycles. The number of amides is 1. The third-order valence-electron chi connectivity index (χ3n) is 3.86. The lowest BCUT2D eigenvalue weighted by Crippen LogP contribution is -3.08. The molecule has 0 spiro atoms. The maximum Gasteiger partial charge on any atom is 0.275 e. The van der Waals surface area contributed by atoms with E-state index in [1.54, 1.807) is 12.1 Å². The van der Waals surface area contributed by atoms with Gasteiger partial charge >= 0.3 is 0 Å². The highest BCUT2D eigenvalue weighted by Crippen LogP contribution is 2.12. The Labute approximate surface area is 137 Å². The summed E-state index contributed by atoms with van der Waals surface area (Å²) in [5.74, 6) is 0.0870. The number of likely N-dealkylation sites (N-methyl/N-ethyl adjacent to an activating group) is 1. The van der Waals surface area contributed by atoms with E-state index in [4.69, 9.17) is 0 Å². The summed E-state index contributed by atoms with van der Waals surface area (Å²) in [6.45, 7) is 3.83. The van der Waals surface area contributed by atoms with Crippen LogP contribution in [0.3, 0.4) is 0 Å². The summed E-state index contributed by atoms with van der Waals surface area (Å²) < 4.78 is 12.9. The molecule has 23 heavy (non-hydrogen) atoms. The van der Waals surface area contributed by atoms with Crippen molar-refractivity contribution < 1.29 is 14.1 Å². The van der Waals surface area contributed by atoms with Crippen molar-refractivity contribution in [3.05, 3.63) is 71.5 Å². The summed E-state index contributed by atoms with van der Waals surface area (Å²) in [7, 11) is 1.96. The van der Waals surface area contributed by atoms with Gasteiger partial charge in [0, 0.05) is 12.1 Å². The molecule has 2 atom stereocenters. The molecule has 0 saturated heterocycles. The molecule has 0 aromatic heterocycles. The van der Waals surface area contributed by atoms with Gasteiger partial charge in [-0.3, -0.25) is 4.79 Å². The van der Waals surface area contributed by atoms with Crippen molar-refractivity contribution in [1.82, 2.24) is 5.32 Å². The van der Waals surface area contributed by atoms with Crippen molar-refractivity contribution in [1.29, 1.82) is 0 Å². The van der Waals surface area contributed by atoms with Crippen LogP contribution in [0.1, 0.15) is 24.0 Å². The minimum Gasteiger partial charge on any atom is -0.351 e. The minimum atomic E-state index is -0.237. The first kappa shape index (κ1) is 17.2. The third kappa shape index (κ3) is 5.83. The van der Waals surface area contributed by atoms with Crippen LogP contribution in [-0.4, -0.2) is 26.0 Å². The van der Waals surface area contributed by atoms with Crippen LogP contribution in [0.4, 0.5) is 4.39 Å². The van der Waals surface area contributed by atoms with Crippen LogP contribution in [0.15, 0.2) is 54.6 Å². The maximum absolute atomic E-state index is 12.9. The Bertz CT molecular complexity index is 613. The van der Waals surface area contributed by atoms with Crippen molar-refractivity contribution in [3.63, 3.8) is 0 Å². The Kier molecular flexibility index (Phi) is 6.29. The Morgan fingerprint density at radius 1 is 1.13 bits per heavy atom. The van der Waals surface area contributed by atoms with E-state index < -0.39 is 0 Å². The maximum atomic E-state index is 12.9. The average molecular weight is 315 g/mol. The lowest BCUT2D eigenvalue weighted by atomic mass is 10.0. The Morgan fingerprint density at radius 2 is 1.78 bits per heavy atom. The summed E-state index contributed by atoms with van der Waals surface area (Å²) in [6, 6.07) is 16.6. The van der Waals surface area contributed by atoms with E-state index in [2.05, 4.69) is 24.4 Å². The number of nitrogens with one attached hydrogen (secondary N) is 2. The van der Waals surface area contributed by atoms with E-state index in [0.29, 0.717) is 19.6 Å². The predicted octanol–water partition coefficient (Wildman–Crippen LogP) is 1.76. The quantitative estimate of drug-likeness (QED) is 0.802. The summed E-state index contributed by atoms with van der Waals surface area (Å²) in [4.78, 5) is 13.1. The van der Waals surface area contributed by atoms with Crippen LogP contribution in [0.5, 0.6) is 0 Å². The molecule has 1 amide bonds. The summed E-state index contributed by atoms with van der Waals surface area (Å²) >= 11 is 0. The highest BCUT2D eigenvalue weighted by atomic mass is 19.1. The Balaban J connectivity index is 1.74. The number of hydrogen-bond donors (Lipinski definition) is 2. The molecule has 0 aliphatic rings. The van der Waals surface area contributed by atoms with Gasteiger partial charge in [0.05, 0.1) is 7.05 Å². The van der Waals surface area contributed by atoms with Gasteiger partial charge in [-0.25, -0.2) is 4.39 Å². The molecule has 3 nitrogen and oxygen atoms in total. The molecule has 2 aromatic rings. The number of benzene rings is 2. The normalized spacial score (nSPS) is 13.3. The number of carbonyl (C=O) groups is 1. The zero-order valence-electron chi connectivity index (χ0n) is 13.7.